The number of quaternary nitrogens is 2. The topological polar surface area (TPSA) is 138 Å². The van der Waals surface area contributed by atoms with Crippen molar-refractivity contribution in [3.8, 4) is 0 Å². The van der Waals surface area contributed by atoms with Gasteiger partial charge in [-0.25, -0.2) is 8.42 Å². The Balaban J connectivity index is 0.00000357. The van der Waals surface area contributed by atoms with Gasteiger partial charge in [-0.2, -0.15) is 0 Å². The first kappa shape index (κ1) is 32.2. The van der Waals surface area contributed by atoms with E-state index in [-0.39, 0.29) is 36.2 Å². The van der Waals surface area contributed by atoms with Gasteiger partial charge in [-0.1, -0.05) is 25.1 Å². The molecule has 1 amide bonds. The van der Waals surface area contributed by atoms with E-state index in [9.17, 15) is 33.3 Å². The van der Waals surface area contributed by atoms with Crippen molar-refractivity contribution in [1.82, 2.24) is 4.90 Å². The quantitative estimate of drug-likeness (QED) is 0.202. The van der Waals surface area contributed by atoms with Gasteiger partial charge in [-0.3, -0.25) is 9.10 Å². The van der Waals surface area contributed by atoms with Crippen LogP contribution in [0.3, 0.4) is 0 Å². The predicted molar refractivity (Wildman–Crippen MR) is 160 cm³/mol. The van der Waals surface area contributed by atoms with Crippen LogP contribution in [0, 0.1) is 11.8 Å². The first-order valence-electron chi connectivity index (χ1n) is 15.8. The minimum Gasteiger partial charge on any atom is -1.00 e. The number of aliphatic carboxylic acids is 1. The van der Waals surface area contributed by atoms with Crippen LogP contribution in [0.1, 0.15) is 25.8 Å². The fraction of sp³-hybridized carbons (Fsp3) is 0.562. The molecule has 11 nitrogen and oxygen atoms in total. The standard InChI is InChI=1S/C32H41N4O7S.ClH/c1-20-24(30(32(40)41)34-29(20)27(21(2)38)31(34)39)19-33-25-6-3-5-23-22(7-8-26(28(23)25)44(33,42)43)9-11-36-15-12-35(13-16-36,14-17-36)10-4-18-37;/h3,5-8,20-21,27,29,37-38H,4,9-19H2,1-2H3;1H/q+1;/p-1/t20-,21+,27+,29+,35?,36?;/m0./s1. The molecule has 0 radical (unpaired) electrons. The van der Waals surface area contributed by atoms with Crippen molar-refractivity contribution in [3.05, 3.63) is 47.2 Å². The lowest BCUT2D eigenvalue weighted by atomic mass is 9.78. The molecule has 6 heterocycles. The molecule has 6 aliphatic rings. The second kappa shape index (κ2) is 11.2. The Morgan fingerprint density at radius 2 is 1.71 bits per heavy atom. The number of carboxylic acids is 1. The van der Waals surface area contributed by atoms with Crippen LogP contribution in [0.15, 0.2) is 46.5 Å². The summed E-state index contributed by atoms with van der Waals surface area (Å²) in [5, 5.41) is 33.3. The molecular weight excluding hydrogens is 620 g/mol. The summed E-state index contributed by atoms with van der Waals surface area (Å²) in [6.07, 6.45) is 0.728. The highest BCUT2D eigenvalue weighted by Gasteiger charge is 2.59. The summed E-state index contributed by atoms with van der Waals surface area (Å²) < 4.78 is 31.4. The molecule has 0 aliphatic carbocycles. The number of piperazine rings is 3. The molecule has 2 aromatic rings. The second-order valence-corrected chi connectivity index (χ2v) is 15.5. The lowest BCUT2D eigenvalue weighted by molar-refractivity contribution is -1.08. The maximum absolute atomic E-state index is 14.0. The Morgan fingerprint density at radius 1 is 1.07 bits per heavy atom. The fourth-order valence-corrected chi connectivity index (χ4v) is 10.5. The van der Waals surface area contributed by atoms with Gasteiger partial charge in [0, 0.05) is 30.8 Å². The van der Waals surface area contributed by atoms with E-state index in [4.69, 9.17) is 0 Å². The molecule has 2 N–H and O–H groups in total. The molecule has 0 unspecified atom stereocenters. The normalized spacial score (nSPS) is 31.6. The van der Waals surface area contributed by atoms with Gasteiger partial charge < -0.3 is 46.4 Å². The van der Waals surface area contributed by atoms with Crippen LogP contribution >= 0.6 is 0 Å². The molecule has 13 heteroatoms. The summed E-state index contributed by atoms with van der Waals surface area (Å²) in [5.74, 6) is -3.20. The van der Waals surface area contributed by atoms with Gasteiger partial charge >= 0.3 is 0 Å². The van der Waals surface area contributed by atoms with Crippen LogP contribution in [0.5, 0.6) is 0 Å². The van der Waals surface area contributed by atoms with E-state index in [2.05, 4.69) is 0 Å². The minimum atomic E-state index is -3.98. The van der Waals surface area contributed by atoms with Crippen molar-refractivity contribution in [2.75, 3.05) is 69.8 Å². The van der Waals surface area contributed by atoms with Crippen LogP contribution < -0.4 is 21.8 Å². The molecule has 2 bridgehead atoms. The van der Waals surface area contributed by atoms with Gasteiger partial charge in [0.15, 0.2) is 0 Å². The zero-order valence-electron chi connectivity index (χ0n) is 25.7. The maximum atomic E-state index is 14.0. The molecule has 4 saturated heterocycles. The van der Waals surface area contributed by atoms with E-state index >= 15 is 0 Å². The summed E-state index contributed by atoms with van der Waals surface area (Å²) in [5.41, 5.74) is 1.66. The van der Waals surface area contributed by atoms with E-state index in [1.165, 1.54) is 16.1 Å². The van der Waals surface area contributed by atoms with Crippen LogP contribution in [0.4, 0.5) is 5.69 Å². The Hall–Kier alpha value is -2.74. The number of nitrogens with zero attached hydrogens (tertiary/aromatic N) is 4. The van der Waals surface area contributed by atoms with Gasteiger partial charge in [0.1, 0.15) is 39.3 Å². The Labute approximate surface area is 270 Å². The van der Waals surface area contributed by atoms with Crippen molar-refractivity contribution in [2.45, 2.75) is 43.7 Å². The Bertz CT molecular complexity index is 1690. The highest BCUT2D eigenvalue weighted by molar-refractivity contribution is 7.93. The maximum Gasteiger partial charge on any atom is 0.265 e. The number of sulfonamides is 1. The third-order valence-corrected chi connectivity index (χ3v) is 13.3. The average molecular weight is 661 g/mol. The number of hydrogen-bond donors (Lipinski definition) is 2. The highest BCUT2D eigenvalue weighted by atomic mass is 35.5. The Morgan fingerprint density at radius 3 is 2.31 bits per heavy atom. The monoisotopic (exact) mass is 660 g/mol. The van der Waals surface area contributed by atoms with E-state index < -0.39 is 45.9 Å². The molecule has 0 spiro atoms. The van der Waals surface area contributed by atoms with E-state index in [1.807, 2.05) is 18.2 Å². The third kappa shape index (κ3) is 4.71. The zero-order chi connectivity index (χ0) is 31.2. The molecule has 6 aliphatic heterocycles. The lowest BCUT2D eigenvalue weighted by Crippen LogP contribution is -3.00. The number of rotatable bonds is 10. The van der Waals surface area contributed by atoms with Crippen molar-refractivity contribution < 1.29 is 54.7 Å². The number of β-lactam (4-membered cyclic amide) rings is 1. The first-order chi connectivity index (χ1) is 20.9. The van der Waals surface area contributed by atoms with Gasteiger partial charge in [0.05, 0.1) is 59.9 Å². The molecule has 8 rings (SSSR count). The number of halogens is 1. The number of carboxylic acid groups (broad SMARTS) is 1. The van der Waals surface area contributed by atoms with Crippen LogP contribution in [0.25, 0.3) is 10.8 Å². The smallest absolute Gasteiger partial charge is 0.265 e. The fourth-order valence-electron chi connectivity index (χ4n) is 8.85. The number of fused-ring (bicyclic) bond motifs is 4. The number of benzene rings is 2. The van der Waals surface area contributed by atoms with Crippen LogP contribution in [-0.4, -0.2) is 122 Å². The molecule has 0 aromatic heterocycles. The zero-order valence-corrected chi connectivity index (χ0v) is 27.3. The van der Waals surface area contributed by atoms with Gasteiger partial charge in [-0.15, -0.1) is 0 Å². The van der Waals surface area contributed by atoms with Gasteiger partial charge in [0.2, 0.25) is 5.91 Å². The van der Waals surface area contributed by atoms with Crippen molar-refractivity contribution in [3.63, 3.8) is 0 Å². The Kier molecular flexibility index (Phi) is 8.02. The first-order valence-corrected chi connectivity index (χ1v) is 17.2. The van der Waals surface area contributed by atoms with Gasteiger partial charge in [0.25, 0.3) is 10.0 Å². The summed E-state index contributed by atoms with van der Waals surface area (Å²) in [6, 6.07) is 8.66. The summed E-state index contributed by atoms with van der Waals surface area (Å²) in [4.78, 5) is 26.5. The third-order valence-electron chi connectivity index (χ3n) is 11.5. The second-order valence-electron chi connectivity index (χ2n) is 13.6. The minimum absolute atomic E-state index is 0. The molecule has 2 aromatic carbocycles. The molecule has 0 saturated carbocycles. The van der Waals surface area contributed by atoms with Crippen LogP contribution in [0.2, 0.25) is 0 Å². The number of amides is 1. The average Bonchev–Trinajstić information content (AvgIpc) is 3.38. The van der Waals surface area contributed by atoms with E-state index in [0.717, 1.165) is 85.1 Å². The molecule has 4 atom stereocenters. The van der Waals surface area contributed by atoms with Crippen molar-refractivity contribution in [2.24, 2.45) is 11.8 Å². The summed E-state index contributed by atoms with van der Waals surface area (Å²) in [6.45, 7) is 12.2. The number of aliphatic hydroxyl groups excluding tert-OH is 2. The SMILES string of the molecule is C[C@@H](O)[C@H]1C(=O)N2C(C(=O)[O-])=C(CN3c4cccc5c(CC[N+]67CC[N+](CCCO)(CC6)CC7)ccc(c45)S3(=O)=O)[C@H](C)[C@H]12.[Cl-]. The van der Waals surface area contributed by atoms with Crippen molar-refractivity contribution in [1.29, 1.82) is 0 Å². The van der Waals surface area contributed by atoms with E-state index in [0.29, 0.717) is 16.6 Å². The number of carbonyl (C=O) groups excluding carboxylic acids is 2. The largest absolute Gasteiger partial charge is 1.00 e. The van der Waals surface area contributed by atoms with Gasteiger partial charge in [-0.05, 0) is 35.6 Å². The predicted octanol–water partition coefficient (Wildman–Crippen LogP) is -3.20. The summed E-state index contributed by atoms with van der Waals surface area (Å²) >= 11 is 0. The molecular formula is C32H41ClN4O7S. The summed E-state index contributed by atoms with van der Waals surface area (Å²) in [7, 11) is -3.98. The number of aliphatic hydroxyl groups is 2. The molecule has 4 fully saturated rings. The van der Waals surface area contributed by atoms with Crippen molar-refractivity contribution >= 4 is 38.4 Å². The molecule has 244 valence electrons. The van der Waals surface area contributed by atoms with E-state index in [1.54, 1.807) is 19.1 Å². The lowest BCUT2D eigenvalue weighted by Gasteiger charge is -2.55. The number of hydrogen-bond acceptors (Lipinski definition) is 7. The number of anilines is 1. The highest BCUT2D eigenvalue weighted by Crippen LogP contribution is 2.49. The number of carbonyl (C=O) groups is 2. The molecule has 45 heavy (non-hydrogen) atoms. The van der Waals surface area contributed by atoms with Crippen LogP contribution in [-0.2, 0) is 26.0 Å².